The van der Waals surface area contributed by atoms with Gasteiger partial charge in [-0.3, -0.25) is 4.79 Å². The van der Waals surface area contributed by atoms with Crippen LogP contribution in [-0.4, -0.2) is 43.5 Å². The Morgan fingerprint density at radius 2 is 1.79 bits per heavy atom. The summed E-state index contributed by atoms with van der Waals surface area (Å²) in [6, 6.07) is 0. The molecule has 0 atom stereocenters. The summed E-state index contributed by atoms with van der Waals surface area (Å²) in [5.74, 6) is 0.209. The van der Waals surface area contributed by atoms with Gasteiger partial charge in [0.05, 0.1) is 0 Å². The van der Waals surface area contributed by atoms with Gasteiger partial charge in [-0.1, -0.05) is 25.7 Å². The van der Waals surface area contributed by atoms with E-state index in [-0.39, 0.29) is 11.4 Å². The summed E-state index contributed by atoms with van der Waals surface area (Å²) in [5.41, 5.74) is 5.65. The van der Waals surface area contributed by atoms with Crippen molar-refractivity contribution in [3.8, 4) is 0 Å². The number of carbonyl (C=O) groups is 1. The highest BCUT2D eigenvalue weighted by molar-refractivity contribution is 5.75. The monoisotopic (exact) mass is 269 g/mol. The number of unbranched alkanes of at least 4 members (excludes halogenated alkanes) is 3. The van der Waals surface area contributed by atoms with Crippen molar-refractivity contribution in [2.24, 2.45) is 5.73 Å². The molecule has 112 valence electrons. The van der Waals surface area contributed by atoms with Crippen molar-refractivity contribution in [3.05, 3.63) is 0 Å². The molecule has 3 N–H and O–H groups in total. The maximum Gasteiger partial charge on any atom is 0.220 e. The smallest absolute Gasteiger partial charge is 0.220 e. The third-order valence-corrected chi connectivity index (χ3v) is 4.46. The average molecular weight is 269 g/mol. The lowest BCUT2D eigenvalue weighted by Crippen LogP contribution is -2.50. The minimum Gasteiger partial charge on any atom is -0.354 e. The van der Waals surface area contributed by atoms with E-state index in [0.717, 1.165) is 38.8 Å². The molecule has 0 aliphatic heterocycles. The van der Waals surface area contributed by atoms with Crippen LogP contribution >= 0.6 is 0 Å². The molecule has 0 heterocycles. The first kappa shape index (κ1) is 16.4. The summed E-state index contributed by atoms with van der Waals surface area (Å²) < 4.78 is 0. The van der Waals surface area contributed by atoms with E-state index in [2.05, 4.69) is 24.3 Å². The topological polar surface area (TPSA) is 58.4 Å². The standard InChI is InChI=1S/C15H31N3O/c1-18(2)15(10-6-7-11-15)13-17-14(19)9-5-3-4-8-12-16/h3-13,16H2,1-2H3,(H,17,19). The Morgan fingerprint density at radius 1 is 1.16 bits per heavy atom. The van der Waals surface area contributed by atoms with Crippen molar-refractivity contribution in [2.45, 2.75) is 63.3 Å². The Morgan fingerprint density at radius 3 is 2.37 bits per heavy atom. The average Bonchev–Trinajstić information content (AvgIpc) is 2.86. The molecule has 0 aromatic rings. The number of nitrogens with two attached hydrogens (primary N) is 1. The number of likely N-dealkylation sites (N-methyl/N-ethyl adjacent to an activating group) is 1. The Kier molecular flexibility index (Phi) is 7.39. The van der Waals surface area contributed by atoms with Crippen LogP contribution in [0.25, 0.3) is 0 Å². The zero-order chi connectivity index (χ0) is 14.1. The molecule has 19 heavy (non-hydrogen) atoms. The molecule has 1 saturated carbocycles. The summed E-state index contributed by atoms with van der Waals surface area (Å²) in [6.07, 6.45) is 9.96. The molecule has 1 rings (SSSR count). The fourth-order valence-electron chi connectivity index (χ4n) is 2.95. The lowest BCUT2D eigenvalue weighted by molar-refractivity contribution is -0.121. The maximum absolute atomic E-state index is 11.8. The Balaban J connectivity index is 2.18. The van der Waals surface area contributed by atoms with Crippen LogP contribution in [0.4, 0.5) is 0 Å². The number of nitrogens with one attached hydrogen (secondary N) is 1. The maximum atomic E-state index is 11.8. The lowest BCUT2D eigenvalue weighted by atomic mass is 9.96. The molecule has 0 radical (unpaired) electrons. The number of nitrogens with zero attached hydrogens (tertiary/aromatic N) is 1. The quantitative estimate of drug-likeness (QED) is 0.628. The van der Waals surface area contributed by atoms with Crippen LogP contribution in [0.1, 0.15) is 57.8 Å². The molecule has 4 heteroatoms. The van der Waals surface area contributed by atoms with E-state index in [4.69, 9.17) is 5.73 Å². The minimum atomic E-state index is 0.204. The first-order chi connectivity index (χ1) is 9.10. The first-order valence-corrected chi connectivity index (χ1v) is 7.75. The number of hydrogen-bond donors (Lipinski definition) is 2. The second kappa shape index (κ2) is 8.54. The normalized spacial score (nSPS) is 17.9. The molecule has 0 bridgehead atoms. The molecule has 0 aromatic carbocycles. The van der Waals surface area contributed by atoms with Gasteiger partial charge in [0.15, 0.2) is 0 Å². The molecule has 1 amide bonds. The number of hydrogen-bond acceptors (Lipinski definition) is 3. The van der Waals surface area contributed by atoms with E-state index >= 15 is 0 Å². The molecule has 1 aliphatic rings. The lowest BCUT2D eigenvalue weighted by Gasteiger charge is -2.36. The van der Waals surface area contributed by atoms with Crippen molar-refractivity contribution in [1.82, 2.24) is 10.2 Å². The van der Waals surface area contributed by atoms with Gasteiger partial charge in [0.1, 0.15) is 0 Å². The predicted octanol–water partition coefficient (Wildman–Crippen LogP) is 1.89. The summed E-state index contributed by atoms with van der Waals surface area (Å²) >= 11 is 0. The van der Waals surface area contributed by atoms with Gasteiger partial charge in [-0.15, -0.1) is 0 Å². The van der Waals surface area contributed by atoms with Gasteiger partial charge in [-0.25, -0.2) is 0 Å². The van der Waals surface area contributed by atoms with E-state index in [9.17, 15) is 4.79 Å². The highest BCUT2D eigenvalue weighted by Gasteiger charge is 2.35. The number of rotatable bonds is 9. The third-order valence-electron chi connectivity index (χ3n) is 4.46. The van der Waals surface area contributed by atoms with Crippen LogP contribution in [0, 0.1) is 0 Å². The second-order valence-electron chi connectivity index (χ2n) is 6.06. The first-order valence-electron chi connectivity index (χ1n) is 7.75. The van der Waals surface area contributed by atoms with E-state index in [0.29, 0.717) is 6.42 Å². The predicted molar refractivity (Wildman–Crippen MR) is 80.0 cm³/mol. The van der Waals surface area contributed by atoms with Gasteiger partial charge in [0.25, 0.3) is 0 Å². The second-order valence-corrected chi connectivity index (χ2v) is 6.06. The molecular weight excluding hydrogens is 238 g/mol. The molecule has 0 saturated heterocycles. The summed E-state index contributed by atoms with van der Waals surface area (Å²) in [4.78, 5) is 14.1. The fourth-order valence-corrected chi connectivity index (χ4v) is 2.95. The molecule has 1 fully saturated rings. The van der Waals surface area contributed by atoms with Crippen molar-refractivity contribution < 1.29 is 4.79 Å². The molecule has 4 nitrogen and oxygen atoms in total. The van der Waals surface area contributed by atoms with Gasteiger partial charge < -0.3 is 16.0 Å². The van der Waals surface area contributed by atoms with Crippen LogP contribution in [0.2, 0.25) is 0 Å². The van der Waals surface area contributed by atoms with Gasteiger partial charge in [0.2, 0.25) is 5.91 Å². The molecule has 0 aromatic heterocycles. The van der Waals surface area contributed by atoms with Crippen LogP contribution in [0.5, 0.6) is 0 Å². The van der Waals surface area contributed by atoms with Gasteiger partial charge in [0, 0.05) is 18.5 Å². The summed E-state index contributed by atoms with van der Waals surface area (Å²) in [7, 11) is 4.26. The minimum absolute atomic E-state index is 0.204. The van der Waals surface area contributed by atoms with Crippen molar-refractivity contribution in [3.63, 3.8) is 0 Å². The van der Waals surface area contributed by atoms with Crippen LogP contribution in [0.3, 0.4) is 0 Å². The van der Waals surface area contributed by atoms with E-state index in [1.807, 2.05) is 0 Å². The van der Waals surface area contributed by atoms with Crippen LogP contribution < -0.4 is 11.1 Å². The molecule has 0 unspecified atom stereocenters. The third kappa shape index (κ3) is 5.49. The van der Waals surface area contributed by atoms with Crippen LogP contribution in [0.15, 0.2) is 0 Å². The van der Waals surface area contributed by atoms with Gasteiger partial charge in [-0.05, 0) is 46.3 Å². The highest BCUT2D eigenvalue weighted by Crippen LogP contribution is 2.33. The highest BCUT2D eigenvalue weighted by atomic mass is 16.1. The molecule has 0 spiro atoms. The molecule has 1 aliphatic carbocycles. The molecular formula is C15H31N3O. The van der Waals surface area contributed by atoms with Crippen molar-refractivity contribution >= 4 is 5.91 Å². The van der Waals surface area contributed by atoms with E-state index in [1.165, 1.54) is 25.7 Å². The zero-order valence-electron chi connectivity index (χ0n) is 12.7. The summed E-state index contributed by atoms with van der Waals surface area (Å²) in [5, 5.41) is 3.13. The zero-order valence-corrected chi connectivity index (χ0v) is 12.7. The Hall–Kier alpha value is -0.610. The SMILES string of the molecule is CN(C)C1(CNC(=O)CCCCCCN)CCCC1. The van der Waals surface area contributed by atoms with E-state index < -0.39 is 0 Å². The largest absolute Gasteiger partial charge is 0.354 e. The van der Waals surface area contributed by atoms with Crippen LogP contribution in [-0.2, 0) is 4.79 Å². The Labute approximate surface area is 118 Å². The fraction of sp³-hybridized carbons (Fsp3) is 0.933. The van der Waals surface area contributed by atoms with Crippen molar-refractivity contribution in [1.29, 1.82) is 0 Å². The summed E-state index contributed by atoms with van der Waals surface area (Å²) in [6.45, 7) is 1.57. The Bertz CT molecular complexity index is 260. The van der Waals surface area contributed by atoms with Gasteiger partial charge in [-0.2, -0.15) is 0 Å². The van der Waals surface area contributed by atoms with Crippen molar-refractivity contribution in [2.75, 3.05) is 27.2 Å². The van der Waals surface area contributed by atoms with Gasteiger partial charge >= 0.3 is 0 Å². The van der Waals surface area contributed by atoms with E-state index in [1.54, 1.807) is 0 Å². The number of amides is 1. The number of carbonyl (C=O) groups excluding carboxylic acids is 1.